The lowest BCUT2D eigenvalue weighted by Crippen LogP contribution is -2.61. The number of carbonyl (C=O) groups is 3. The van der Waals surface area contributed by atoms with Crippen LogP contribution in [0.2, 0.25) is 0 Å². The van der Waals surface area contributed by atoms with Gasteiger partial charge in [0, 0.05) is 5.41 Å². The molecule has 1 N–H and O–H groups in total. The van der Waals surface area contributed by atoms with E-state index in [9.17, 15) is 24.5 Å². The Hall–Kier alpha value is -2.97. The largest absolute Gasteiger partial charge is 0.496 e. The number of anilines is 1. The number of hydrogen-bond donors (Lipinski definition) is 1. The SMILES string of the molecule is COc1ccc(NC(=O)C23CCC(C)(C(=O)OC2=O)C3(C)C)c([N+](=O)[O-])c1. The summed E-state index contributed by atoms with van der Waals surface area (Å²) in [5.74, 6) is -2.02. The van der Waals surface area contributed by atoms with E-state index in [2.05, 4.69) is 5.32 Å². The van der Waals surface area contributed by atoms with Crippen LogP contribution in [0.25, 0.3) is 0 Å². The Morgan fingerprint density at radius 2 is 1.89 bits per heavy atom. The fourth-order valence-corrected chi connectivity index (χ4v) is 4.15. The molecular formula is C18H20N2O7. The van der Waals surface area contributed by atoms with E-state index in [4.69, 9.17) is 9.47 Å². The Kier molecular flexibility index (Phi) is 4.02. The molecule has 0 spiro atoms. The van der Waals surface area contributed by atoms with Crippen LogP contribution in [-0.4, -0.2) is 29.9 Å². The van der Waals surface area contributed by atoms with E-state index in [0.29, 0.717) is 6.42 Å². The summed E-state index contributed by atoms with van der Waals surface area (Å²) in [4.78, 5) is 48.8. The van der Waals surface area contributed by atoms with Crippen LogP contribution in [0.3, 0.4) is 0 Å². The lowest BCUT2D eigenvalue weighted by atomic mass is 9.57. The number of nitrogens with zero attached hydrogens (tertiary/aromatic N) is 1. The Morgan fingerprint density at radius 1 is 1.22 bits per heavy atom. The van der Waals surface area contributed by atoms with Crippen LogP contribution in [0.15, 0.2) is 18.2 Å². The summed E-state index contributed by atoms with van der Waals surface area (Å²) in [6.45, 7) is 5.04. The number of ether oxygens (including phenoxy) is 2. The number of hydrogen-bond acceptors (Lipinski definition) is 7. The van der Waals surface area contributed by atoms with Crippen LogP contribution in [0.4, 0.5) is 11.4 Å². The second kappa shape index (κ2) is 5.77. The molecule has 2 fully saturated rings. The van der Waals surface area contributed by atoms with Crippen molar-refractivity contribution in [1.82, 2.24) is 0 Å². The van der Waals surface area contributed by atoms with Crippen LogP contribution >= 0.6 is 0 Å². The van der Waals surface area contributed by atoms with Gasteiger partial charge in [0.2, 0.25) is 5.91 Å². The predicted octanol–water partition coefficient (Wildman–Crippen LogP) is 2.44. The van der Waals surface area contributed by atoms with Crippen molar-refractivity contribution in [1.29, 1.82) is 0 Å². The van der Waals surface area contributed by atoms with Crippen molar-refractivity contribution in [3.05, 3.63) is 28.3 Å². The fourth-order valence-electron chi connectivity index (χ4n) is 4.15. The highest BCUT2D eigenvalue weighted by atomic mass is 16.6. The van der Waals surface area contributed by atoms with Crippen LogP contribution in [0.1, 0.15) is 33.6 Å². The Bertz CT molecular complexity index is 878. The molecule has 1 saturated carbocycles. The van der Waals surface area contributed by atoms with Gasteiger partial charge in [0.05, 0.1) is 23.5 Å². The maximum atomic E-state index is 13.2. The number of esters is 2. The number of fused-ring (bicyclic) bond motifs is 2. The third-order valence-electron chi connectivity index (χ3n) is 6.47. The number of amides is 1. The molecule has 2 aliphatic rings. The van der Waals surface area contributed by atoms with E-state index in [1.54, 1.807) is 20.8 Å². The minimum Gasteiger partial charge on any atom is -0.496 e. The summed E-state index contributed by atoms with van der Waals surface area (Å²) >= 11 is 0. The van der Waals surface area contributed by atoms with E-state index in [0.717, 1.165) is 0 Å². The smallest absolute Gasteiger partial charge is 0.329 e. The first-order chi connectivity index (χ1) is 12.5. The fraction of sp³-hybridized carbons (Fsp3) is 0.500. The van der Waals surface area contributed by atoms with Crippen molar-refractivity contribution in [3.63, 3.8) is 0 Å². The van der Waals surface area contributed by atoms with Crippen molar-refractivity contribution in [3.8, 4) is 5.75 Å². The van der Waals surface area contributed by atoms with Gasteiger partial charge in [0.1, 0.15) is 11.4 Å². The maximum Gasteiger partial charge on any atom is 0.329 e. The van der Waals surface area contributed by atoms with Gasteiger partial charge in [-0.2, -0.15) is 0 Å². The lowest BCUT2D eigenvalue weighted by molar-refractivity contribution is -0.384. The molecule has 144 valence electrons. The second-order valence-corrected chi connectivity index (χ2v) is 7.63. The molecule has 1 amide bonds. The maximum absolute atomic E-state index is 13.2. The molecule has 1 aliphatic heterocycles. The van der Waals surface area contributed by atoms with Crippen LogP contribution in [0, 0.1) is 26.4 Å². The zero-order valence-electron chi connectivity index (χ0n) is 15.5. The van der Waals surface area contributed by atoms with Gasteiger partial charge < -0.3 is 14.8 Å². The summed E-state index contributed by atoms with van der Waals surface area (Å²) in [7, 11) is 1.37. The van der Waals surface area contributed by atoms with Crippen LogP contribution in [-0.2, 0) is 19.1 Å². The number of methoxy groups -OCH3 is 1. The van der Waals surface area contributed by atoms with Crippen LogP contribution < -0.4 is 10.1 Å². The molecule has 27 heavy (non-hydrogen) atoms. The lowest BCUT2D eigenvalue weighted by Gasteiger charge is -2.47. The number of nitro benzene ring substituents is 1. The molecular weight excluding hydrogens is 356 g/mol. The van der Waals surface area contributed by atoms with Gasteiger partial charge in [0.15, 0.2) is 5.41 Å². The minimum absolute atomic E-state index is 0.0609. The average Bonchev–Trinajstić information content (AvgIpc) is 2.75. The highest BCUT2D eigenvalue weighted by molar-refractivity contribution is 6.15. The molecule has 2 unspecified atom stereocenters. The molecule has 9 nitrogen and oxygen atoms in total. The zero-order chi connectivity index (χ0) is 20.2. The molecule has 1 aromatic carbocycles. The van der Waals surface area contributed by atoms with E-state index >= 15 is 0 Å². The standard InChI is InChI=1S/C18H20N2O7/c1-16(2)17(3)7-8-18(16,15(23)27-14(17)22)13(21)19-11-6-5-10(26-4)9-12(11)20(24)25/h5-6,9H,7-8H2,1-4H3,(H,19,21). The van der Waals surface area contributed by atoms with Gasteiger partial charge in [-0.05, 0) is 31.9 Å². The van der Waals surface area contributed by atoms with E-state index in [1.165, 1.54) is 25.3 Å². The monoisotopic (exact) mass is 376 g/mol. The first-order valence-corrected chi connectivity index (χ1v) is 8.42. The molecule has 9 heteroatoms. The number of nitrogens with one attached hydrogen (secondary N) is 1. The summed E-state index contributed by atoms with van der Waals surface area (Å²) < 4.78 is 9.87. The van der Waals surface area contributed by atoms with Gasteiger partial charge in [-0.1, -0.05) is 13.8 Å². The molecule has 1 heterocycles. The molecule has 1 saturated heterocycles. The van der Waals surface area contributed by atoms with Crippen molar-refractivity contribution in [2.24, 2.45) is 16.2 Å². The Morgan fingerprint density at radius 3 is 2.48 bits per heavy atom. The van der Waals surface area contributed by atoms with Gasteiger partial charge in [-0.3, -0.25) is 24.5 Å². The van der Waals surface area contributed by atoms with Gasteiger partial charge in [-0.25, -0.2) is 0 Å². The highest BCUT2D eigenvalue weighted by Crippen LogP contribution is 2.66. The molecule has 1 aliphatic carbocycles. The Balaban J connectivity index is 2.03. The number of benzene rings is 1. The molecule has 2 bridgehead atoms. The first-order valence-electron chi connectivity index (χ1n) is 8.42. The predicted molar refractivity (Wildman–Crippen MR) is 92.9 cm³/mol. The van der Waals surface area contributed by atoms with Gasteiger partial charge in [0.25, 0.3) is 5.69 Å². The zero-order valence-corrected chi connectivity index (χ0v) is 15.5. The average molecular weight is 376 g/mol. The summed E-state index contributed by atoms with van der Waals surface area (Å²) in [6.07, 6.45) is 0.430. The molecule has 3 rings (SSSR count). The summed E-state index contributed by atoms with van der Waals surface area (Å²) in [6, 6.07) is 3.98. The Labute approximate surface area is 155 Å². The second-order valence-electron chi connectivity index (χ2n) is 7.63. The van der Waals surface area contributed by atoms with Crippen molar-refractivity contribution >= 4 is 29.2 Å². The number of carbonyl (C=O) groups excluding carboxylic acids is 3. The van der Waals surface area contributed by atoms with E-state index < -0.39 is 39.0 Å². The first kappa shape index (κ1) is 18.8. The normalized spacial score (nSPS) is 28.4. The van der Waals surface area contributed by atoms with E-state index in [1.807, 2.05) is 0 Å². The molecule has 0 radical (unpaired) electrons. The summed E-state index contributed by atoms with van der Waals surface area (Å²) in [5.41, 5.74) is -4.04. The van der Waals surface area contributed by atoms with Gasteiger partial charge >= 0.3 is 11.9 Å². The molecule has 2 atom stereocenters. The summed E-state index contributed by atoms with van der Waals surface area (Å²) in [5, 5.41) is 13.9. The number of rotatable bonds is 4. The highest BCUT2D eigenvalue weighted by Gasteiger charge is 2.75. The number of cyclic esters (lactones) is 2. The topological polar surface area (TPSA) is 125 Å². The third-order valence-corrected chi connectivity index (χ3v) is 6.47. The third kappa shape index (κ3) is 2.27. The van der Waals surface area contributed by atoms with Crippen molar-refractivity contribution < 1.29 is 28.8 Å². The van der Waals surface area contributed by atoms with Crippen LogP contribution in [0.5, 0.6) is 5.75 Å². The quantitative estimate of drug-likeness (QED) is 0.370. The molecule has 0 aromatic heterocycles. The number of nitro groups is 1. The van der Waals surface area contributed by atoms with Crippen molar-refractivity contribution in [2.45, 2.75) is 33.6 Å². The molecule has 1 aromatic rings. The van der Waals surface area contributed by atoms with E-state index in [-0.39, 0.29) is 23.5 Å². The van der Waals surface area contributed by atoms with Crippen molar-refractivity contribution in [2.75, 3.05) is 12.4 Å². The minimum atomic E-state index is -1.61. The van der Waals surface area contributed by atoms with Gasteiger partial charge in [-0.15, -0.1) is 0 Å².